The first-order valence-corrected chi connectivity index (χ1v) is 10.7. The van der Waals surface area contributed by atoms with E-state index in [4.69, 9.17) is 25.5 Å². The third-order valence-electron chi connectivity index (χ3n) is 5.24. The Hall–Kier alpha value is -4.61. The van der Waals surface area contributed by atoms with Crippen LogP contribution in [0.15, 0.2) is 76.1 Å². The molecule has 0 radical (unpaired) electrons. The Morgan fingerprint density at radius 1 is 1.00 bits per heavy atom. The zero-order valence-corrected chi connectivity index (χ0v) is 19.4. The summed E-state index contributed by atoms with van der Waals surface area (Å²) >= 11 is 6.19. The summed E-state index contributed by atoms with van der Waals surface area (Å²) in [5.41, 5.74) is 2.39. The lowest BCUT2D eigenvalue weighted by Crippen LogP contribution is -1.90. The van der Waals surface area contributed by atoms with Crippen LogP contribution in [0.25, 0.3) is 22.5 Å². The third-order valence-corrected chi connectivity index (χ3v) is 5.59. The molecule has 1 aromatic heterocycles. The van der Waals surface area contributed by atoms with Crippen LogP contribution in [0.1, 0.15) is 11.1 Å². The van der Waals surface area contributed by atoms with Crippen molar-refractivity contribution in [3.63, 3.8) is 0 Å². The van der Waals surface area contributed by atoms with Gasteiger partial charge in [-0.05, 0) is 48.0 Å². The van der Waals surface area contributed by atoms with Gasteiger partial charge in [-0.1, -0.05) is 23.7 Å². The average Bonchev–Trinajstić information content (AvgIpc) is 3.26. The Kier molecular flexibility index (Phi) is 6.81. The van der Waals surface area contributed by atoms with Gasteiger partial charge >= 0.3 is 0 Å². The predicted molar refractivity (Wildman–Crippen MR) is 133 cm³/mol. The van der Waals surface area contributed by atoms with Crippen LogP contribution in [0.3, 0.4) is 0 Å². The molecule has 0 bridgehead atoms. The molecule has 9 heteroatoms. The maximum Gasteiger partial charge on any atom is 0.270 e. The first kappa shape index (κ1) is 23.5. The largest absolute Gasteiger partial charge is 0.497 e. The number of methoxy groups -OCH3 is 2. The molecule has 4 aromatic rings. The molecule has 0 amide bonds. The molecule has 0 spiro atoms. The normalized spacial score (nSPS) is 10.8. The number of benzene rings is 3. The van der Waals surface area contributed by atoms with Crippen LogP contribution in [0.5, 0.6) is 11.5 Å². The Bertz CT molecular complexity index is 1450. The molecule has 0 fully saturated rings. The molecule has 1 heterocycles. The average molecular weight is 488 g/mol. The van der Waals surface area contributed by atoms with Gasteiger partial charge in [0, 0.05) is 40.1 Å². The molecule has 174 valence electrons. The molecule has 8 nitrogen and oxygen atoms in total. The second-order valence-corrected chi connectivity index (χ2v) is 7.68. The Labute approximate surface area is 205 Å². The molecular formula is C26H18ClN3O5. The van der Waals surface area contributed by atoms with Crippen molar-refractivity contribution >= 4 is 29.4 Å². The van der Waals surface area contributed by atoms with Crippen molar-refractivity contribution in [2.24, 2.45) is 4.99 Å². The summed E-state index contributed by atoms with van der Waals surface area (Å²) < 4.78 is 16.6. The zero-order chi connectivity index (χ0) is 24.9. The fourth-order valence-electron chi connectivity index (χ4n) is 3.46. The van der Waals surface area contributed by atoms with E-state index in [9.17, 15) is 15.4 Å². The number of nitrogens with zero attached hydrogens (tertiary/aromatic N) is 3. The van der Waals surface area contributed by atoms with Gasteiger partial charge in [0.25, 0.3) is 5.69 Å². The Morgan fingerprint density at radius 2 is 1.60 bits per heavy atom. The highest BCUT2D eigenvalue weighted by molar-refractivity contribution is 6.33. The van der Waals surface area contributed by atoms with Gasteiger partial charge < -0.3 is 13.9 Å². The minimum absolute atomic E-state index is 0.0479. The summed E-state index contributed by atoms with van der Waals surface area (Å²) in [6, 6.07) is 20.6. The summed E-state index contributed by atoms with van der Waals surface area (Å²) in [6.07, 6.45) is 1.34. The second-order valence-electron chi connectivity index (χ2n) is 7.28. The number of rotatable bonds is 7. The fraction of sp³-hybridized carbons (Fsp3) is 0.0769. The van der Waals surface area contributed by atoms with Gasteiger partial charge in [-0.15, -0.1) is 0 Å². The van der Waals surface area contributed by atoms with Gasteiger partial charge in [0.05, 0.1) is 19.1 Å². The van der Waals surface area contributed by atoms with Crippen LogP contribution in [0.4, 0.5) is 11.6 Å². The molecule has 0 aliphatic rings. The highest BCUT2D eigenvalue weighted by Crippen LogP contribution is 2.43. The van der Waals surface area contributed by atoms with Crippen molar-refractivity contribution in [2.45, 2.75) is 0 Å². The van der Waals surface area contributed by atoms with Crippen LogP contribution in [0.2, 0.25) is 5.02 Å². The zero-order valence-electron chi connectivity index (χ0n) is 18.7. The molecular weight excluding hydrogens is 470 g/mol. The summed E-state index contributed by atoms with van der Waals surface area (Å²) in [4.78, 5) is 14.9. The number of aliphatic imine (C=N–C) groups is 1. The molecule has 0 saturated carbocycles. The monoisotopic (exact) mass is 487 g/mol. The lowest BCUT2D eigenvalue weighted by Gasteiger charge is -2.06. The molecule has 0 aliphatic carbocycles. The van der Waals surface area contributed by atoms with Gasteiger partial charge in [-0.3, -0.25) is 10.1 Å². The van der Waals surface area contributed by atoms with Crippen molar-refractivity contribution in [1.29, 1.82) is 5.26 Å². The first-order chi connectivity index (χ1) is 16.9. The third kappa shape index (κ3) is 4.86. The maximum atomic E-state index is 11.1. The standard InChI is InChI=1S/C26H18ClN3O5/c1-33-20-8-3-16(4-9-20)24-22(14-28)26(35-25(24)17-5-10-21(34-2)11-6-17)29-15-18-13-19(30(31)32)7-12-23(18)27/h3-13,15H,1-2H3. The van der Waals surface area contributed by atoms with Crippen LogP contribution in [-0.2, 0) is 0 Å². The van der Waals surface area contributed by atoms with Crippen molar-refractivity contribution in [2.75, 3.05) is 14.2 Å². The number of hydrogen-bond donors (Lipinski definition) is 0. The minimum atomic E-state index is -0.523. The van der Waals surface area contributed by atoms with E-state index in [-0.39, 0.29) is 22.2 Å². The molecule has 4 rings (SSSR count). The number of hydrogen-bond acceptors (Lipinski definition) is 7. The number of nitriles is 1. The van der Waals surface area contributed by atoms with E-state index >= 15 is 0 Å². The van der Waals surface area contributed by atoms with E-state index in [1.807, 2.05) is 24.3 Å². The van der Waals surface area contributed by atoms with E-state index < -0.39 is 4.92 Å². The topological polar surface area (TPSA) is 111 Å². The summed E-state index contributed by atoms with van der Waals surface area (Å²) in [7, 11) is 3.15. The maximum absolute atomic E-state index is 11.1. The van der Waals surface area contributed by atoms with Crippen molar-refractivity contribution < 1.29 is 18.8 Å². The van der Waals surface area contributed by atoms with E-state index in [1.54, 1.807) is 38.5 Å². The van der Waals surface area contributed by atoms with Crippen LogP contribution >= 0.6 is 11.6 Å². The number of ether oxygens (including phenoxy) is 2. The molecule has 3 aromatic carbocycles. The number of halogens is 1. The minimum Gasteiger partial charge on any atom is -0.497 e. The van der Waals surface area contributed by atoms with Crippen LogP contribution in [0, 0.1) is 21.4 Å². The molecule has 0 aliphatic heterocycles. The van der Waals surface area contributed by atoms with Gasteiger partial charge in [-0.25, -0.2) is 4.99 Å². The molecule has 0 unspecified atom stereocenters. The van der Waals surface area contributed by atoms with Crippen LogP contribution < -0.4 is 9.47 Å². The summed E-state index contributed by atoms with van der Waals surface area (Å²) in [6.45, 7) is 0. The number of nitro groups is 1. The Morgan fingerprint density at radius 3 is 2.14 bits per heavy atom. The molecule has 0 N–H and O–H groups in total. The quantitative estimate of drug-likeness (QED) is 0.161. The lowest BCUT2D eigenvalue weighted by molar-refractivity contribution is -0.384. The fourth-order valence-corrected chi connectivity index (χ4v) is 3.63. The first-order valence-electron chi connectivity index (χ1n) is 10.3. The summed E-state index contributed by atoms with van der Waals surface area (Å²) in [5.74, 6) is 1.82. The van der Waals surface area contributed by atoms with Gasteiger partial charge in [0.1, 0.15) is 28.9 Å². The predicted octanol–water partition coefficient (Wildman–Crippen LogP) is 6.81. The van der Waals surface area contributed by atoms with E-state index in [0.717, 1.165) is 5.56 Å². The molecule has 0 saturated heterocycles. The van der Waals surface area contributed by atoms with Crippen molar-refractivity contribution in [3.05, 3.63) is 93.0 Å². The van der Waals surface area contributed by atoms with Crippen LogP contribution in [-0.4, -0.2) is 25.4 Å². The van der Waals surface area contributed by atoms with Gasteiger partial charge in [0.15, 0.2) is 0 Å². The smallest absolute Gasteiger partial charge is 0.270 e. The number of non-ortho nitro benzene ring substituents is 1. The number of furan rings is 1. The van der Waals surface area contributed by atoms with E-state index in [1.165, 1.54) is 24.4 Å². The second kappa shape index (κ2) is 10.1. The van der Waals surface area contributed by atoms with E-state index in [0.29, 0.717) is 33.9 Å². The van der Waals surface area contributed by atoms with E-state index in [2.05, 4.69) is 11.1 Å². The Balaban J connectivity index is 1.87. The van der Waals surface area contributed by atoms with Gasteiger partial charge in [-0.2, -0.15) is 5.26 Å². The SMILES string of the molecule is COc1ccc(-c2oc(N=Cc3cc([N+](=O)[O-])ccc3Cl)c(C#N)c2-c2ccc(OC)cc2)cc1. The molecule has 35 heavy (non-hydrogen) atoms. The molecule has 0 atom stereocenters. The summed E-state index contributed by atoms with van der Waals surface area (Å²) in [5, 5.41) is 21.4. The van der Waals surface area contributed by atoms with Crippen molar-refractivity contribution in [3.8, 4) is 40.0 Å². The lowest BCUT2D eigenvalue weighted by atomic mass is 9.98. The number of nitro benzene ring substituents is 1. The highest BCUT2D eigenvalue weighted by atomic mass is 35.5. The van der Waals surface area contributed by atoms with Crippen molar-refractivity contribution in [1.82, 2.24) is 0 Å². The van der Waals surface area contributed by atoms with Gasteiger partial charge in [0.2, 0.25) is 5.88 Å². The highest BCUT2D eigenvalue weighted by Gasteiger charge is 2.23.